The van der Waals surface area contributed by atoms with E-state index in [1.165, 1.54) is 6.42 Å². The molecule has 0 saturated carbocycles. The molecule has 2 fully saturated rings. The summed E-state index contributed by atoms with van der Waals surface area (Å²) in [7, 11) is 1.82. The van der Waals surface area contributed by atoms with Crippen molar-refractivity contribution in [1.82, 2.24) is 9.80 Å². The third kappa shape index (κ3) is 4.64. The van der Waals surface area contributed by atoms with Crippen molar-refractivity contribution in [1.29, 1.82) is 0 Å². The Labute approximate surface area is 156 Å². The highest BCUT2D eigenvalue weighted by molar-refractivity contribution is 5.94. The number of rotatable bonds is 4. The van der Waals surface area contributed by atoms with Crippen LogP contribution in [0.1, 0.15) is 32.6 Å². The second kappa shape index (κ2) is 8.67. The van der Waals surface area contributed by atoms with E-state index < -0.39 is 0 Å². The molecule has 1 aromatic carbocycles. The van der Waals surface area contributed by atoms with E-state index >= 15 is 0 Å². The molecule has 5 heteroatoms. The van der Waals surface area contributed by atoms with Gasteiger partial charge in [0.2, 0.25) is 11.8 Å². The van der Waals surface area contributed by atoms with E-state index in [-0.39, 0.29) is 11.8 Å². The first-order valence-electron chi connectivity index (χ1n) is 9.87. The minimum Gasteiger partial charge on any atom is -0.342 e. The normalized spacial score (nSPS) is 22.2. The third-order valence-corrected chi connectivity index (χ3v) is 5.78. The molecule has 0 bridgehead atoms. The predicted molar refractivity (Wildman–Crippen MR) is 104 cm³/mol. The molecule has 0 radical (unpaired) electrons. The van der Waals surface area contributed by atoms with E-state index in [0.29, 0.717) is 18.4 Å². The summed E-state index contributed by atoms with van der Waals surface area (Å²) in [5, 5.41) is 0. The number of piperidine rings is 2. The Hall–Kier alpha value is -1.88. The standard InChI is InChI=1S/C21H31N3O2/c1-17-7-6-12-24(15-17)21(26)18-10-13-23(14-11-18)16-20(25)22(2)19-8-4-3-5-9-19/h3-5,8-9,17-18H,6-7,10-16H2,1-2H3/t17-/m1/s1. The molecule has 2 amide bonds. The lowest BCUT2D eigenvalue weighted by Crippen LogP contribution is -2.47. The summed E-state index contributed by atoms with van der Waals surface area (Å²) in [5.41, 5.74) is 0.918. The average molecular weight is 357 g/mol. The number of hydrogen-bond donors (Lipinski definition) is 0. The summed E-state index contributed by atoms with van der Waals surface area (Å²) in [6.45, 7) is 6.15. The smallest absolute Gasteiger partial charge is 0.240 e. The van der Waals surface area contributed by atoms with Gasteiger partial charge in [-0.25, -0.2) is 0 Å². The van der Waals surface area contributed by atoms with Crippen molar-refractivity contribution in [3.05, 3.63) is 30.3 Å². The maximum Gasteiger partial charge on any atom is 0.240 e. The molecule has 5 nitrogen and oxygen atoms in total. The maximum atomic E-state index is 12.8. The fourth-order valence-corrected chi connectivity index (χ4v) is 4.08. The van der Waals surface area contributed by atoms with E-state index in [2.05, 4.69) is 16.7 Å². The van der Waals surface area contributed by atoms with Crippen LogP contribution in [-0.2, 0) is 9.59 Å². The number of hydrogen-bond acceptors (Lipinski definition) is 3. The number of nitrogens with zero attached hydrogens (tertiary/aromatic N) is 3. The van der Waals surface area contributed by atoms with Crippen LogP contribution in [0.5, 0.6) is 0 Å². The van der Waals surface area contributed by atoms with E-state index in [1.807, 2.05) is 37.4 Å². The summed E-state index contributed by atoms with van der Waals surface area (Å²) in [5.74, 6) is 1.20. The Bertz CT molecular complexity index is 611. The zero-order valence-electron chi connectivity index (χ0n) is 16.1. The van der Waals surface area contributed by atoms with Crippen molar-refractivity contribution < 1.29 is 9.59 Å². The van der Waals surface area contributed by atoms with Crippen LogP contribution in [0.4, 0.5) is 5.69 Å². The molecule has 1 aromatic rings. The van der Waals surface area contributed by atoms with E-state index in [9.17, 15) is 9.59 Å². The number of likely N-dealkylation sites (N-methyl/N-ethyl adjacent to an activating group) is 1. The quantitative estimate of drug-likeness (QED) is 0.832. The van der Waals surface area contributed by atoms with Gasteiger partial charge in [-0.15, -0.1) is 0 Å². The SMILES string of the molecule is C[C@@H]1CCCN(C(=O)C2CCN(CC(=O)N(C)c3ccccc3)CC2)C1. The molecule has 142 valence electrons. The van der Waals surface area contributed by atoms with Gasteiger partial charge in [0.25, 0.3) is 0 Å². The summed E-state index contributed by atoms with van der Waals surface area (Å²) in [6, 6.07) is 9.73. The Morgan fingerprint density at radius 2 is 1.77 bits per heavy atom. The first kappa shape index (κ1) is 18.9. The first-order valence-corrected chi connectivity index (χ1v) is 9.87. The fraction of sp³-hybridized carbons (Fsp3) is 0.619. The van der Waals surface area contributed by atoms with Crippen LogP contribution >= 0.6 is 0 Å². The molecule has 0 aromatic heterocycles. The summed E-state index contributed by atoms with van der Waals surface area (Å²) >= 11 is 0. The molecule has 2 aliphatic rings. The van der Waals surface area contributed by atoms with Gasteiger partial charge < -0.3 is 9.80 Å². The molecule has 26 heavy (non-hydrogen) atoms. The number of carbonyl (C=O) groups is 2. The van der Waals surface area contributed by atoms with Crippen molar-refractivity contribution in [3.63, 3.8) is 0 Å². The lowest BCUT2D eigenvalue weighted by molar-refractivity contribution is -0.138. The van der Waals surface area contributed by atoms with Gasteiger partial charge in [0, 0.05) is 31.7 Å². The van der Waals surface area contributed by atoms with Gasteiger partial charge in [-0.1, -0.05) is 25.1 Å². The topological polar surface area (TPSA) is 43.9 Å². The second-order valence-electron chi connectivity index (χ2n) is 7.87. The average Bonchev–Trinajstić information content (AvgIpc) is 2.68. The molecule has 1 atom stereocenters. The number of benzene rings is 1. The van der Waals surface area contributed by atoms with Crippen LogP contribution in [0.2, 0.25) is 0 Å². The van der Waals surface area contributed by atoms with Crippen LogP contribution in [0.15, 0.2) is 30.3 Å². The molecule has 0 unspecified atom stereocenters. The largest absolute Gasteiger partial charge is 0.342 e. The van der Waals surface area contributed by atoms with Gasteiger partial charge in [-0.3, -0.25) is 14.5 Å². The Balaban J connectivity index is 1.46. The second-order valence-corrected chi connectivity index (χ2v) is 7.87. The van der Waals surface area contributed by atoms with Crippen molar-refractivity contribution in [2.45, 2.75) is 32.6 Å². The van der Waals surface area contributed by atoms with Crippen molar-refractivity contribution in [3.8, 4) is 0 Å². The maximum absolute atomic E-state index is 12.8. The zero-order valence-corrected chi connectivity index (χ0v) is 16.1. The van der Waals surface area contributed by atoms with Crippen LogP contribution in [0, 0.1) is 11.8 Å². The van der Waals surface area contributed by atoms with Gasteiger partial charge in [-0.05, 0) is 56.8 Å². The molecule has 3 rings (SSSR count). The van der Waals surface area contributed by atoms with Gasteiger partial charge in [0.15, 0.2) is 0 Å². The molecule has 0 spiro atoms. The minimum absolute atomic E-state index is 0.103. The monoisotopic (exact) mass is 357 g/mol. The zero-order chi connectivity index (χ0) is 18.5. The predicted octanol–water partition coefficient (Wildman–Crippen LogP) is 2.62. The number of carbonyl (C=O) groups excluding carboxylic acids is 2. The highest BCUT2D eigenvalue weighted by Gasteiger charge is 2.31. The van der Waals surface area contributed by atoms with Crippen molar-refractivity contribution in [2.75, 3.05) is 44.7 Å². The number of likely N-dealkylation sites (tertiary alicyclic amines) is 2. The van der Waals surface area contributed by atoms with Crippen LogP contribution in [-0.4, -0.2) is 61.4 Å². The Kier molecular flexibility index (Phi) is 6.30. The van der Waals surface area contributed by atoms with E-state index in [1.54, 1.807) is 4.90 Å². The minimum atomic E-state index is 0.103. The Morgan fingerprint density at radius 3 is 2.42 bits per heavy atom. The van der Waals surface area contributed by atoms with Gasteiger partial charge in [-0.2, -0.15) is 0 Å². The summed E-state index contributed by atoms with van der Waals surface area (Å²) in [6.07, 6.45) is 4.10. The Morgan fingerprint density at radius 1 is 1.08 bits per heavy atom. The lowest BCUT2D eigenvalue weighted by Gasteiger charge is -2.37. The van der Waals surface area contributed by atoms with Crippen LogP contribution < -0.4 is 4.90 Å². The summed E-state index contributed by atoms with van der Waals surface area (Å²) in [4.78, 5) is 31.2. The molecule has 2 saturated heterocycles. The fourth-order valence-electron chi connectivity index (χ4n) is 4.08. The molecule has 2 heterocycles. The molecule has 2 aliphatic heterocycles. The first-order chi connectivity index (χ1) is 12.5. The highest BCUT2D eigenvalue weighted by atomic mass is 16.2. The van der Waals surface area contributed by atoms with Crippen LogP contribution in [0.3, 0.4) is 0 Å². The van der Waals surface area contributed by atoms with Gasteiger partial charge in [0.05, 0.1) is 6.54 Å². The molecule has 0 N–H and O–H groups in total. The molecular formula is C21H31N3O2. The van der Waals surface area contributed by atoms with E-state index in [0.717, 1.165) is 51.1 Å². The van der Waals surface area contributed by atoms with Gasteiger partial charge >= 0.3 is 0 Å². The molecule has 0 aliphatic carbocycles. The number of anilines is 1. The summed E-state index contributed by atoms with van der Waals surface area (Å²) < 4.78 is 0. The third-order valence-electron chi connectivity index (χ3n) is 5.78. The number of para-hydroxylation sites is 1. The lowest BCUT2D eigenvalue weighted by atomic mass is 9.93. The van der Waals surface area contributed by atoms with Crippen molar-refractivity contribution >= 4 is 17.5 Å². The highest BCUT2D eigenvalue weighted by Crippen LogP contribution is 2.23. The van der Waals surface area contributed by atoms with E-state index in [4.69, 9.17) is 0 Å². The molecular weight excluding hydrogens is 326 g/mol. The number of amides is 2. The van der Waals surface area contributed by atoms with Crippen LogP contribution in [0.25, 0.3) is 0 Å². The van der Waals surface area contributed by atoms with Gasteiger partial charge in [0.1, 0.15) is 0 Å². The van der Waals surface area contributed by atoms with Crippen molar-refractivity contribution in [2.24, 2.45) is 11.8 Å².